The summed E-state index contributed by atoms with van der Waals surface area (Å²) in [5, 5.41) is 10.6. The number of aliphatic hydroxyl groups is 1. The second kappa shape index (κ2) is 63.8. The van der Waals surface area contributed by atoms with Crippen LogP contribution in [0.1, 0.15) is 370 Å². The van der Waals surface area contributed by atoms with Gasteiger partial charge >= 0.3 is 39.5 Å². The third-order valence-electron chi connectivity index (χ3n) is 16.9. The maximum atomic E-state index is 13.1. The van der Waals surface area contributed by atoms with Crippen molar-refractivity contribution in [3.05, 3.63) is 0 Å². The Morgan fingerprint density at radius 1 is 0.293 bits per heavy atom. The van der Waals surface area contributed by atoms with Gasteiger partial charge in [0.2, 0.25) is 0 Å². The number of hydrogen-bond acceptors (Lipinski definition) is 15. The van der Waals surface area contributed by atoms with Gasteiger partial charge in [-0.1, -0.05) is 318 Å². The van der Waals surface area contributed by atoms with Crippen LogP contribution in [0.5, 0.6) is 0 Å². The molecule has 2 unspecified atom stereocenters. The van der Waals surface area contributed by atoms with E-state index in [1.165, 1.54) is 173 Å². The van der Waals surface area contributed by atoms with Crippen molar-refractivity contribution in [1.29, 1.82) is 0 Å². The molecule has 0 rings (SSSR count). The second-order valence-electron chi connectivity index (χ2n) is 27.8. The molecule has 0 amide bonds. The lowest BCUT2D eigenvalue weighted by molar-refractivity contribution is -0.161. The Hall–Kier alpha value is -1.94. The predicted molar refractivity (Wildman–Crippen MR) is 372 cm³/mol. The van der Waals surface area contributed by atoms with Crippen molar-refractivity contribution < 1.29 is 80.2 Å². The lowest BCUT2D eigenvalue weighted by Crippen LogP contribution is -2.30. The zero-order chi connectivity index (χ0) is 68.0. The molecule has 0 aliphatic carbocycles. The molecular weight excluding hydrogens is 1210 g/mol. The van der Waals surface area contributed by atoms with Crippen LogP contribution in [0.25, 0.3) is 0 Å². The van der Waals surface area contributed by atoms with Crippen LogP contribution in [0.15, 0.2) is 0 Å². The van der Waals surface area contributed by atoms with Crippen molar-refractivity contribution >= 4 is 39.5 Å². The highest BCUT2D eigenvalue weighted by Crippen LogP contribution is 2.45. The molecule has 0 aliphatic rings. The number of aliphatic hydroxyl groups excluding tert-OH is 1. The molecule has 0 aromatic heterocycles. The van der Waals surface area contributed by atoms with E-state index in [0.29, 0.717) is 31.6 Å². The van der Waals surface area contributed by atoms with Crippen LogP contribution < -0.4 is 0 Å². The van der Waals surface area contributed by atoms with Gasteiger partial charge in [-0.2, -0.15) is 0 Å². The Kier molecular flexibility index (Phi) is 62.4. The molecule has 0 aromatic rings. The Morgan fingerprint density at radius 3 is 0.739 bits per heavy atom. The molecule has 0 aromatic carbocycles. The van der Waals surface area contributed by atoms with Crippen LogP contribution in [0, 0.1) is 17.8 Å². The summed E-state index contributed by atoms with van der Waals surface area (Å²) in [4.78, 5) is 72.5. The van der Waals surface area contributed by atoms with Crippen molar-refractivity contribution in [1.82, 2.24) is 0 Å². The zero-order valence-corrected chi connectivity index (χ0v) is 61.8. The molecule has 19 heteroatoms. The van der Waals surface area contributed by atoms with Gasteiger partial charge < -0.3 is 33.8 Å². The number of carbonyl (C=O) groups is 4. The summed E-state index contributed by atoms with van der Waals surface area (Å²) in [7, 11) is -9.90. The molecule has 0 aliphatic heterocycles. The molecule has 0 saturated carbocycles. The largest absolute Gasteiger partial charge is 0.472 e. The van der Waals surface area contributed by atoms with Crippen molar-refractivity contribution in [2.45, 2.75) is 388 Å². The summed E-state index contributed by atoms with van der Waals surface area (Å²) in [6.45, 7) is 11.8. The third kappa shape index (κ3) is 66.7. The first-order valence-electron chi connectivity index (χ1n) is 37.8. The number of ether oxygens (including phenoxy) is 4. The lowest BCUT2D eigenvalue weighted by atomic mass is 10.0. The smallest absolute Gasteiger partial charge is 0.462 e. The number of rotatable bonds is 71. The van der Waals surface area contributed by atoms with Crippen molar-refractivity contribution in [2.75, 3.05) is 39.6 Å². The first-order valence-corrected chi connectivity index (χ1v) is 40.8. The molecule has 0 heterocycles. The van der Waals surface area contributed by atoms with E-state index in [9.17, 15) is 43.2 Å². The first-order chi connectivity index (χ1) is 44.2. The summed E-state index contributed by atoms with van der Waals surface area (Å²) in [5.41, 5.74) is 0. The number of carbonyl (C=O) groups excluding carboxylic acids is 4. The number of phosphoric acid groups is 2. The van der Waals surface area contributed by atoms with Gasteiger partial charge in [0, 0.05) is 25.7 Å². The molecule has 92 heavy (non-hydrogen) atoms. The molecule has 0 fully saturated rings. The molecule has 17 nitrogen and oxygen atoms in total. The number of hydrogen-bond donors (Lipinski definition) is 3. The molecule has 546 valence electrons. The van der Waals surface area contributed by atoms with Crippen molar-refractivity contribution in [3.63, 3.8) is 0 Å². The van der Waals surface area contributed by atoms with Crippen LogP contribution in [0.3, 0.4) is 0 Å². The molecule has 0 radical (unpaired) electrons. The lowest BCUT2D eigenvalue weighted by Gasteiger charge is -2.21. The average molecular weight is 1350 g/mol. The standard InChI is InChI=1S/C73H142O17P2/c1-8-9-10-11-12-33-40-47-54-70(75)83-60-69(90-73(78)57-50-43-36-29-32-39-46-53-66(6)7)63-88-92(81,82)86-59-67(74)58-85-91(79,80)87-62-68(61-84-71(76)55-48-41-34-27-23-20-19-22-26-31-38-45-52-65(4)5)89-72(77)56-49-42-35-28-24-18-16-14-13-15-17-21-25-30-37-44-51-64(2)3/h64-69,74H,8-63H2,1-7H3,(H,79,80)(H,81,82)/t67-,68-,69-/m1/s1. The molecular formula is C73H142O17P2. The van der Waals surface area contributed by atoms with Gasteiger partial charge in [0.1, 0.15) is 19.3 Å². The van der Waals surface area contributed by atoms with E-state index >= 15 is 0 Å². The molecule has 0 bridgehead atoms. The van der Waals surface area contributed by atoms with Gasteiger partial charge in [-0.15, -0.1) is 0 Å². The molecule has 0 spiro atoms. The fourth-order valence-electron chi connectivity index (χ4n) is 11.1. The minimum atomic E-state index is -4.95. The topological polar surface area (TPSA) is 237 Å². The highest BCUT2D eigenvalue weighted by atomic mass is 31.2. The van der Waals surface area contributed by atoms with E-state index in [0.717, 1.165) is 108 Å². The number of unbranched alkanes of at least 4 members (excludes halogenated alkanes) is 39. The number of phosphoric ester groups is 2. The SMILES string of the molecule is CCCCCCCCCCC(=O)OC[C@H](COP(=O)(O)OC[C@H](O)COP(=O)(O)OC[C@@H](COC(=O)CCCCCCCCCCCCCCC(C)C)OC(=O)CCCCCCCCCCCCCCCCCCC(C)C)OC(=O)CCCCCCCCCC(C)C. The molecule has 0 saturated heterocycles. The normalized spacial score (nSPS) is 14.1. The maximum absolute atomic E-state index is 13.1. The minimum Gasteiger partial charge on any atom is -0.462 e. The Balaban J connectivity index is 5.20. The van der Waals surface area contributed by atoms with Crippen LogP contribution in [0.2, 0.25) is 0 Å². The van der Waals surface area contributed by atoms with E-state index in [2.05, 4.69) is 48.5 Å². The monoisotopic (exact) mass is 1350 g/mol. The fourth-order valence-corrected chi connectivity index (χ4v) is 12.7. The van der Waals surface area contributed by atoms with E-state index in [4.69, 9.17) is 37.0 Å². The van der Waals surface area contributed by atoms with Gasteiger partial charge in [0.15, 0.2) is 12.2 Å². The van der Waals surface area contributed by atoms with Crippen molar-refractivity contribution in [2.24, 2.45) is 17.8 Å². The molecule has 3 N–H and O–H groups in total. The van der Waals surface area contributed by atoms with E-state index in [1.807, 2.05) is 0 Å². The van der Waals surface area contributed by atoms with E-state index < -0.39 is 97.5 Å². The highest BCUT2D eigenvalue weighted by molar-refractivity contribution is 7.47. The summed E-state index contributed by atoms with van der Waals surface area (Å²) in [6.07, 6.45) is 48.8. The third-order valence-corrected chi connectivity index (χ3v) is 18.8. The van der Waals surface area contributed by atoms with E-state index in [-0.39, 0.29) is 25.7 Å². The van der Waals surface area contributed by atoms with Gasteiger partial charge in [0.25, 0.3) is 0 Å². The van der Waals surface area contributed by atoms with Gasteiger partial charge in [-0.3, -0.25) is 37.3 Å². The first kappa shape index (κ1) is 90.1. The Labute approximate surface area is 562 Å². The minimum absolute atomic E-state index is 0.103. The van der Waals surface area contributed by atoms with Crippen LogP contribution in [0.4, 0.5) is 0 Å². The summed E-state index contributed by atoms with van der Waals surface area (Å²) >= 11 is 0. The van der Waals surface area contributed by atoms with Gasteiger partial charge in [-0.05, 0) is 43.4 Å². The Morgan fingerprint density at radius 2 is 0.500 bits per heavy atom. The van der Waals surface area contributed by atoms with Crippen LogP contribution in [-0.4, -0.2) is 96.7 Å². The summed E-state index contributed by atoms with van der Waals surface area (Å²) in [5.74, 6) is 0.160. The summed E-state index contributed by atoms with van der Waals surface area (Å²) in [6, 6.07) is 0. The van der Waals surface area contributed by atoms with E-state index in [1.54, 1.807) is 0 Å². The Bertz CT molecular complexity index is 1800. The van der Waals surface area contributed by atoms with Gasteiger partial charge in [-0.25, -0.2) is 9.13 Å². The van der Waals surface area contributed by atoms with Gasteiger partial charge in [0.05, 0.1) is 26.4 Å². The van der Waals surface area contributed by atoms with Crippen LogP contribution in [-0.2, 0) is 65.4 Å². The quantitative estimate of drug-likeness (QED) is 0.0222. The number of esters is 4. The fraction of sp³-hybridized carbons (Fsp3) is 0.945. The molecule has 5 atom stereocenters. The predicted octanol–water partition coefficient (Wildman–Crippen LogP) is 21.0. The maximum Gasteiger partial charge on any atom is 0.472 e. The van der Waals surface area contributed by atoms with Crippen LogP contribution >= 0.6 is 15.6 Å². The average Bonchev–Trinajstić information content (AvgIpc) is 1.71. The summed E-state index contributed by atoms with van der Waals surface area (Å²) < 4.78 is 68.3. The highest BCUT2D eigenvalue weighted by Gasteiger charge is 2.30. The zero-order valence-electron chi connectivity index (χ0n) is 60.0. The van der Waals surface area contributed by atoms with Crippen molar-refractivity contribution in [3.8, 4) is 0 Å². The second-order valence-corrected chi connectivity index (χ2v) is 30.7.